The van der Waals surface area contributed by atoms with Gasteiger partial charge in [-0.1, -0.05) is 38.8 Å². The van der Waals surface area contributed by atoms with Crippen LogP contribution in [0.3, 0.4) is 0 Å². The van der Waals surface area contributed by atoms with Crippen molar-refractivity contribution in [1.82, 2.24) is 15.3 Å². The van der Waals surface area contributed by atoms with E-state index >= 15 is 0 Å². The maximum atomic E-state index is 4.11. The van der Waals surface area contributed by atoms with Crippen molar-refractivity contribution in [1.29, 1.82) is 0 Å². The van der Waals surface area contributed by atoms with Gasteiger partial charge in [-0.2, -0.15) is 0 Å². The predicted molar refractivity (Wildman–Crippen MR) is 84.0 cm³/mol. The SMILES string of the molecule is CCCNC(c1cncnc1)c1cc(Br)cc(Br)c1. The first kappa shape index (κ1) is 14.6. The molecule has 1 aromatic heterocycles. The molecular formula is C14H15Br2N3. The third kappa shape index (κ3) is 4.09. The Hall–Kier alpha value is -0.780. The van der Waals surface area contributed by atoms with Crippen LogP contribution < -0.4 is 5.32 Å². The summed E-state index contributed by atoms with van der Waals surface area (Å²) in [6.45, 7) is 3.10. The summed E-state index contributed by atoms with van der Waals surface area (Å²) in [5.74, 6) is 0. The fourth-order valence-electron chi connectivity index (χ4n) is 1.92. The second-order valence-corrected chi connectivity index (χ2v) is 6.09. The predicted octanol–water partition coefficient (Wildman–Crippen LogP) is 4.09. The zero-order chi connectivity index (χ0) is 13.7. The molecule has 0 fully saturated rings. The Bertz CT molecular complexity index is 511. The lowest BCUT2D eigenvalue weighted by Gasteiger charge is -2.19. The van der Waals surface area contributed by atoms with Gasteiger partial charge in [-0.3, -0.25) is 0 Å². The van der Waals surface area contributed by atoms with Crippen molar-refractivity contribution in [3.8, 4) is 0 Å². The van der Waals surface area contributed by atoms with E-state index in [9.17, 15) is 0 Å². The Kier molecular flexibility index (Phi) is 5.48. The molecule has 0 saturated carbocycles. The molecule has 1 N–H and O–H groups in total. The van der Waals surface area contributed by atoms with Gasteiger partial charge in [-0.25, -0.2) is 9.97 Å². The molecule has 0 spiro atoms. The Morgan fingerprint density at radius 1 is 1.05 bits per heavy atom. The first-order valence-electron chi connectivity index (χ1n) is 6.15. The van der Waals surface area contributed by atoms with Crippen molar-refractivity contribution in [3.05, 3.63) is 57.0 Å². The second kappa shape index (κ2) is 7.12. The summed E-state index contributed by atoms with van der Waals surface area (Å²) in [7, 11) is 0. The van der Waals surface area contributed by atoms with Crippen molar-refractivity contribution in [3.63, 3.8) is 0 Å². The topological polar surface area (TPSA) is 37.8 Å². The molecule has 0 amide bonds. The monoisotopic (exact) mass is 383 g/mol. The van der Waals surface area contributed by atoms with Crippen molar-refractivity contribution < 1.29 is 0 Å². The molecular weight excluding hydrogens is 370 g/mol. The maximum absolute atomic E-state index is 4.11. The molecule has 0 saturated heterocycles. The highest BCUT2D eigenvalue weighted by Crippen LogP contribution is 2.27. The van der Waals surface area contributed by atoms with Crippen molar-refractivity contribution >= 4 is 31.9 Å². The Balaban J connectivity index is 2.36. The lowest BCUT2D eigenvalue weighted by atomic mass is 10.0. The lowest BCUT2D eigenvalue weighted by molar-refractivity contribution is 0.594. The van der Waals surface area contributed by atoms with Gasteiger partial charge in [0.15, 0.2) is 0 Å². The molecule has 5 heteroatoms. The number of benzene rings is 1. The molecule has 1 heterocycles. The highest BCUT2D eigenvalue weighted by molar-refractivity contribution is 9.11. The van der Waals surface area contributed by atoms with Crippen molar-refractivity contribution in [2.24, 2.45) is 0 Å². The number of halogens is 2. The first-order chi connectivity index (χ1) is 9.20. The van der Waals surface area contributed by atoms with Crippen LogP contribution in [0.1, 0.15) is 30.5 Å². The molecule has 100 valence electrons. The van der Waals surface area contributed by atoms with E-state index in [4.69, 9.17) is 0 Å². The quantitative estimate of drug-likeness (QED) is 0.843. The van der Waals surface area contributed by atoms with Gasteiger partial charge in [0.2, 0.25) is 0 Å². The van der Waals surface area contributed by atoms with Gasteiger partial charge in [0.25, 0.3) is 0 Å². The highest BCUT2D eigenvalue weighted by Gasteiger charge is 2.14. The van der Waals surface area contributed by atoms with Crippen LogP contribution in [0.2, 0.25) is 0 Å². The number of rotatable bonds is 5. The fourth-order valence-corrected chi connectivity index (χ4v) is 3.25. The van der Waals surface area contributed by atoms with E-state index in [1.807, 2.05) is 18.5 Å². The largest absolute Gasteiger partial charge is 0.306 e. The lowest BCUT2D eigenvalue weighted by Crippen LogP contribution is -2.23. The van der Waals surface area contributed by atoms with Crippen LogP contribution in [0, 0.1) is 0 Å². The van der Waals surface area contributed by atoms with E-state index in [2.05, 4.69) is 66.2 Å². The number of aromatic nitrogens is 2. The van der Waals surface area contributed by atoms with Crippen LogP contribution in [0.4, 0.5) is 0 Å². The van der Waals surface area contributed by atoms with Crippen LogP contribution in [0.15, 0.2) is 45.9 Å². The molecule has 1 aromatic carbocycles. The second-order valence-electron chi connectivity index (χ2n) is 4.26. The first-order valence-corrected chi connectivity index (χ1v) is 7.73. The number of hydrogen-bond acceptors (Lipinski definition) is 3. The summed E-state index contributed by atoms with van der Waals surface area (Å²) in [5, 5.41) is 3.53. The van der Waals surface area contributed by atoms with Gasteiger partial charge in [0, 0.05) is 26.9 Å². The molecule has 0 aliphatic carbocycles. The summed E-state index contributed by atoms with van der Waals surface area (Å²) in [6, 6.07) is 6.37. The number of nitrogens with zero attached hydrogens (tertiary/aromatic N) is 2. The average molecular weight is 385 g/mol. The van der Waals surface area contributed by atoms with E-state index in [0.717, 1.165) is 27.5 Å². The summed E-state index contributed by atoms with van der Waals surface area (Å²) in [5.41, 5.74) is 2.26. The molecule has 0 radical (unpaired) electrons. The van der Waals surface area contributed by atoms with Crippen LogP contribution >= 0.6 is 31.9 Å². The third-order valence-corrected chi connectivity index (χ3v) is 3.65. The summed E-state index contributed by atoms with van der Waals surface area (Å²) < 4.78 is 2.11. The van der Waals surface area contributed by atoms with Crippen molar-refractivity contribution in [2.45, 2.75) is 19.4 Å². The minimum Gasteiger partial charge on any atom is -0.306 e. The Labute approximate surface area is 130 Å². The Morgan fingerprint density at radius 3 is 2.26 bits per heavy atom. The zero-order valence-corrected chi connectivity index (χ0v) is 13.8. The summed E-state index contributed by atoms with van der Waals surface area (Å²) in [4.78, 5) is 8.22. The molecule has 0 aliphatic heterocycles. The van der Waals surface area contributed by atoms with Crippen LogP contribution in [-0.2, 0) is 0 Å². The average Bonchev–Trinajstić information content (AvgIpc) is 2.39. The van der Waals surface area contributed by atoms with E-state index < -0.39 is 0 Å². The van der Waals surface area contributed by atoms with Gasteiger partial charge in [0.05, 0.1) is 6.04 Å². The van der Waals surface area contributed by atoms with Gasteiger partial charge < -0.3 is 5.32 Å². The number of nitrogens with one attached hydrogen (secondary N) is 1. The number of hydrogen-bond donors (Lipinski definition) is 1. The van der Waals surface area contributed by atoms with E-state index in [1.165, 1.54) is 5.56 Å². The molecule has 0 aliphatic rings. The zero-order valence-electron chi connectivity index (χ0n) is 10.6. The van der Waals surface area contributed by atoms with Crippen LogP contribution in [0.5, 0.6) is 0 Å². The van der Waals surface area contributed by atoms with E-state index in [1.54, 1.807) is 6.33 Å². The van der Waals surface area contributed by atoms with E-state index in [-0.39, 0.29) is 6.04 Å². The van der Waals surface area contributed by atoms with Crippen LogP contribution in [0.25, 0.3) is 0 Å². The van der Waals surface area contributed by atoms with Gasteiger partial charge >= 0.3 is 0 Å². The smallest absolute Gasteiger partial charge is 0.115 e. The molecule has 2 aromatic rings. The molecule has 19 heavy (non-hydrogen) atoms. The molecule has 1 atom stereocenters. The molecule has 1 unspecified atom stereocenters. The molecule has 2 rings (SSSR count). The third-order valence-electron chi connectivity index (χ3n) is 2.73. The van der Waals surface area contributed by atoms with Gasteiger partial charge in [0.1, 0.15) is 6.33 Å². The standard InChI is InChI=1S/C14H15Br2N3/c1-2-3-19-14(11-7-17-9-18-8-11)10-4-12(15)6-13(16)5-10/h4-9,14,19H,2-3H2,1H3. The minimum atomic E-state index is 0.106. The van der Waals surface area contributed by atoms with Crippen LogP contribution in [-0.4, -0.2) is 16.5 Å². The minimum absolute atomic E-state index is 0.106. The van der Waals surface area contributed by atoms with Crippen molar-refractivity contribution in [2.75, 3.05) is 6.54 Å². The Morgan fingerprint density at radius 2 is 1.68 bits per heavy atom. The normalized spacial score (nSPS) is 12.4. The summed E-state index contributed by atoms with van der Waals surface area (Å²) >= 11 is 7.07. The fraction of sp³-hybridized carbons (Fsp3) is 0.286. The van der Waals surface area contributed by atoms with Gasteiger partial charge in [-0.05, 0) is 36.7 Å². The van der Waals surface area contributed by atoms with E-state index in [0.29, 0.717) is 0 Å². The molecule has 3 nitrogen and oxygen atoms in total. The van der Waals surface area contributed by atoms with Gasteiger partial charge in [-0.15, -0.1) is 0 Å². The highest BCUT2D eigenvalue weighted by atomic mass is 79.9. The maximum Gasteiger partial charge on any atom is 0.115 e. The summed E-state index contributed by atoms with van der Waals surface area (Å²) in [6.07, 6.45) is 6.35. The molecule has 0 bridgehead atoms.